The maximum atomic E-state index is 13.4. The smallest absolute Gasteiger partial charge is 0.435 e. The van der Waals surface area contributed by atoms with E-state index in [0.717, 1.165) is 22.3 Å². The minimum Gasteiger partial charge on any atom is -0.444 e. The van der Waals surface area contributed by atoms with Gasteiger partial charge in [-0.05, 0) is 6.42 Å². The van der Waals surface area contributed by atoms with Crippen LogP contribution < -0.4 is 0 Å². The van der Waals surface area contributed by atoms with E-state index in [1.54, 1.807) is 0 Å². The van der Waals surface area contributed by atoms with Crippen LogP contribution in [0.2, 0.25) is 0 Å². The third kappa shape index (κ3) is 3.79. The number of carbonyl (C=O) groups excluding carboxylic acids is 1. The van der Waals surface area contributed by atoms with Gasteiger partial charge in [0.05, 0.1) is 18.8 Å². The lowest BCUT2D eigenvalue weighted by atomic mass is 9.66. The number of ether oxygens (including phenoxy) is 2. The average Bonchev–Trinajstić information content (AvgIpc) is 3.22. The molecule has 4 radical (unpaired) electrons. The molecule has 1 unspecified atom stereocenters. The molecule has 0 spiro atoms. The predicted molar refractivity (Wildman–Crippen MR) is 91.6 cm³/mol. The Morgan fingerprint density at radius 2 is 2.11 bits per heavy atom. The van der Waals surface area contributed by atoms with Crippen molar-refractivity contribution in [3.8, 4) is 0 Å². The standard InChI is InChI=1S/C14H15B2F3N4O3S/c1-3-4-7-5-22(12(24)26-7)6-8-9(14(17,18)19)20-11-23(8)21-10(27-11)13(15,16)25-2/h7H,3-6H2,1-2H3. The number of imidazole rings is 1. The Kier molecular flexibility index (Phi) is 5.19. The summed E-state index contributed by atoms with van der Waals surface area (Å²) in [4.78, 5) is 16.8. The van der Waals surface area contributed by atoms with Gasteiger partial charge in [-0.15, -0.1) is 0 Å². The van der Waals surface area contributed by atoms with Crippen LogP contribution in [0.3, 0.4) is 0 Å². The minimum atomic E-state index is -4.71. The van der Waals surface area contributed by atoms with Crippen molar-refractivity contribution in [1.82, 2.24) is 19.5 Å². The average molecular weight is 398 g/mol. The Morgan fingerprint density at radius 1 is 1.41 bits per heavy atom. The van der Waals surface area contributed by atoms with Crippen molar-refractivity contribution in [3.05, 3.63) is 16.4 Å². The van der Waals surface area contributed by atoms with Crippen LogP contribution in [0.15, 0.2) is 0 Å². The fourth-order valence-electron chi connectivity index (χ4n) is 2.76. The van der Waals surface area contributed by atoms with Crippen LogP contribution in [0.1, 0.15) is 36.2 Å². The second kappa shape index (κ2) is 7.01. The molecule has 0 aliphatic carbocycles. The number of hydrogen-bond donors (Lipinski definition) is 0. The van der Waals surface area contributed by atoms with Crippen LogP contribution in [-0.4, -0.2) is 61.0 Å². The van der Waals surface area contributed by atoms with Crippen molar-refractivity contribution in [3.63, 3.8) is 0 Å². The maximum Gasteiger partial charge on any atom is 0.435 e. The fourth-order valence-corrected chi connectivity index (χ4v) is 3.67. The number of aromatic nitrogens is 3. The molecule has 3 rings (SSSR count). The van der Waals surface area contributed by atoms with Gasteiger partial charge >= 0.3 is 12.3 Å². The molecule has 3 heterocycles. The zero-order valence-corrected chi connectivity index (χ0v) is 15.4. The molecule has 2 aromatic rings. The van der Waals surface area contributed by atoms with Crippen LogP contribution in [0.4, 0.5) is 18.0 Å². The van der Waals surface area contributed by atoms with Crippen LogP contribution in [-0.2, 0) is 27.6 Å². The molecule has 13 heteroatoms. The Morgan fingerprint density at radius 3 is 2.70 bits per heavy atom. The molecular formula is C14H15B2F3N4O3S. The monoisotopic (exact) mass is 398 g/mol. The first kappa shape index (κ1) is 20.0. The molecule has 27 heavy (non-hydrogen) atoms. The van der Waals surface area contributed by atoms with Crippen molar-refractivity contribution in [2.45, 2.75) is 44.0 Å². The Balaban J connectivity index is 2.00. The molecule has 7 nitrogen and oxygen atoms in total. The summed E-state index contributed by atoms with van der Waals surface area (Å²) in [5, 5.41) is 2.32. The molecular weight excluding hydrogens is 383 g/mol. The summed E-state index contributed by atoms with van der Waals surface area (Å²) in [6, 6.07) is 0. The van der Waals surface area contributed by atoms with E-state index in [4.69, 9.17) is 25.2 Å². The van der Waals surface area contributed by atoms with Gasteiger partial charge in [0.25, 0.3) is 0 Å². The van der Waals surface area contributed by atoms with Crippen LogP contribution >= 0.6 is 11.3 Å². The Labute approximate surface area is 159 Å². The van der Waals surface area contributed by atoms with Crippen molar-refractivity contribution in [1.29, 1.82) is 0 Å². The zero-order valence-electron chi connectivity index (χ0n) is 14.6. The summed E-state index contributed by atoms with van der Waals surface area (Å²) in [5.41, 5.74) is -1.40. The number of alkyl halides is 3. The van der Waals surface area contributed by atoms with E-state index >= 15 is 0 Å². The van der Waals surface area contributed by atoms with E-state index in [1.807, 2.05) is 6.92 Å². The van der Waals surface area contributed by atoms with Gasteiger partial charge in [0.15, 0.2) is 5.69 Å². The molecule has 0 saturated carbocycles. The van der Waals surface area contributed by atoms with Gasteiger partial charge in [-0.3, -0.25) is 4.90 Å². The highest BCUT2D eigenvalue weighted by molar-refractivity contribution is 7.17. The van der Waals surface area contributed by atoms with Crippen LogP contribution in [0, 0.1) is 0 Å². The van der Waals surface area contributed by atoms with Gasteiger partial charge in [-0.25, -0.2) is 14.3 Å². The largest absolute Gasteiger partial charge is 0.444 e. The van der Waals surface area contributed by atoms with Crippen molar-refractivity contribution < 1.29 is 27.4 Å². The highest BCUT2D eigenvalue weighted by Crippen LogP contribution is 2.35. The first-order chi connectivity index (χ1) is 12.6. The molecule has 1 fully saturated rings. The van der Waals surface area contributed by atoms with E-state index in [2.05, 4.69) is 10.1 Å². The number of nitrogens with zero attached hydrogens (tertiary/aromatic N) is 4. The maximum absolute atomic E-state index is 13.4. The number of amides is 1. The van der Waals surface area contributed by atoms with E-state index in [-0.39, 0.29) is 34.9 Å². The number of fused-ring (bicyclic) bond motifs is 1. The summed E-state index contributed by atoms with van der Waals surface area (Å²) >= 11 is 0.778. The highest BCUT2D eigenvalue weighted by Gasteiger charge is 2.41. The van der Waals surface area contributed by atoms with Crippen molar-refractivity contribution in [2.75, 3.05) is 13.7 Å². The number of cyclic esters (lactones) is 1. The molecule has 1 aliphatic heterocycles. The number of halogens is 3. The molecule has 142 valence electrons. The van der Waals surface area contributed by atoms with E-state index < -0.39 is 23.4 Å². The third-order valence-corrected chi connectivity index (χ3v) is 5.18. The normalized spacial score (nSPS) is 18.5. The van der Waals surface area contributed by atoms with Gasteiger partial charge in [-0.2, -0.15) is 18.3 Å². The van der Waals surface area contributed by atoms with E-state index in [9.17, 15) is 18.0 Å². The number of carbonyl (C=O) groups is 1. The summed E-state index contributed by atoms with van der Waals surface area (Å²) in [5.74, 6) is 0. The van der Waals surface area contributed by atoms with Crippen LogP contribution in [0.5, 0.6) is 0 Å². The number of hydrogen-bond acceptors (Lipinski definition) is 6. The molecule has 0 N–H and O–H groups in total. The summed E-state index contributed by atoms with van der Waals surface area (Å²) in [7, 11) is 12.7. The molecule has 1 atom stereocenters. The topological polar surface area (TPSA) is 69.0 Å². The summed E-state index contributed by atoms with van der Waals surface area (Å²) < 4.78 is 51.4. The lowest BCUT2D eigenvalue weighted by Gasteiger charge is -2.20. The first-order valence-corrected chi connectivity index (χ1v) is 8.93. The zero-order chi connectivity index (χ0) is 20.0. The van der Waals surface area contributed by atoms with Gasteiger partial charge in [-0.1, -0.05) is 24.7 Å². The van der Waals surface area contributed by atoms with Crippen LogP contribution in [0.25, 0.3) is 4.96 Å². The lowest BCUT2D eigenvalue weighted by Crippen LogP contribution is -2.30. The summed E-state index contributed by atoms with van der Waals surface area (Å²) in [6.45, 7) is 1.77. The first-order valence-electron chi connectivity index (χ1n) is 8.11. The van der Waals surface area contributed by atoms with E-state index in [1.165, 1.54) is 12.0 Å². The third-order valence-electron chi connectivity index (χ3n) is 4.14. The molecule has 0 aromatic carbocycles. The minimum absolute atomic E-state index is 0.0512. The lowest BCUT2D eigenvalue weighted by molar-refractivity contribution is -0.141. The Bertz CT molecular complexity index is 855. The highest BCUT2D eigenvalue weighted by atomic mass is 32.1. The van der Waals surface area contributed by atoms with Gasteiger partial charge in [0.2, 0.25) is 4.96 Å². The number of rotatable bonds is 6. The SMILES string of the molecule is [B]C([B])(OC)c1nn2c(CN3CC(CCC)OC3=O)c(C(F)(F)F)nc2s1. The second-order valence-corrected chi connectivity index (χ2v) is 7.13. The fraction of sp³-hybridized carbons (Fsp3) is 0.643. The number of methoxy groups -OCH3 is 1. The van der Waals surface area contributed by atoms with Crippen molar-refractivity contribution in [2.24, 2.45) is 0 Å². The second-order valence-electron chi connectivity index (χ2n) is 6.18. The van der Waals surface area contributed by atoms with E-state index in [0.29, 0.717) is 6.42 Å². The molecule has 1 saturated heterocycles. The molecule has 0 bridgehead atoms. The quantitative estimate of drug-likeness (QED) is 0.697. The van der Waals surface area contributed by atoms with Gasteiger partial charge in [0, 0.05) is 12.5 Å². The van der Waals surface area contributed by atoms with Crippen molar-refractivity contribution >= 4 is 38.1 Å². The molecule has 1 aliphatic rings. The van der Waals surface area contributed by atoms with Gasteiger partial charge < -0.3 is 9.47 Å². The summed E-state index contributed by atoms with van der Waals surface area (Å²) in [6.07, 6.45) is -4.30. The predicted octanol–water partition coefficient (Wildman–Crippen LogP) is 2.02. The molecule has 2 aromatic heterocycles. The molecule has 1 amide bonds. The Hall–Kier alpha value is -1.75. The van der Waals surface area contributed by atoms with Gasteiger partial charge in [0.1, 0.15) is 26.8 Å².